The van der Waals surface area contributed by atoms with E-state index >= 15 is 0 Å². The van der Waals surface area contributed by atoms with Crippen LogP contribution in [0.1, 0.15) is 82.9 Å². The van der Waals surface area contributed by atoms with E-state index in [2.05, 4.69) is 0 Å². The molecule has 1 unspecified atom stereocenters. The minimum absolute atomic E-state index is 0.0732. The van der Waals surface area contributed by atoms with E-state index in [9.17, 15) is 22.7 Å². The molecule has 1 atom stereocenters. The summed E-state index contributed by atoms with van der Waals surface area (Å²) in [4.78, 5) is 31.7. The number of hydrogen-bond donors (Lipinski definition) is 1. The van der Waals surface area contributed by atoms with Gasteiger partial charge in [-0.05, 0) is 110 Å². The van der Waals surface area contributed by atoms with Crippen LogP contribution < -0.4 is 9.04 Å². The van der Waals surface area contributed by atoms with Gasteiger partial charge >= 0.3 is 12.1 Å². The predicted molar refractivity (Wildman–Crippen MR) is 205 cm³/mol. The topological polar surface area (TPSA) is 138 Å². The lowest BCUT2D eigenvalue weighted by atomic mass is 9.97. The summed E-state index contributed by atoms with van der Waals surface area (Å²) in [6, 6.07) is 13.4. The molecule has 3 aromatic heterocycles. The third kappa shape index (κ3) is 8.19. The van der Waals surface area contributed by atoms with Crippen molar-refractivity contribution in [3.8, 4) is 28.0 Å². The van der Waals surface area contributed by atoms with Gasteiger partial charge in [-0.3, -0.25) is 18.3 Å². The summed E-state index contributed by atoms with van der Waals surface area (Å²) in [5, 5.41) is 5.57. The minimum Gasteiger partial charge on any atom is -0.495 e. The molecule has 54 heavy (non-hydrogen) atoms. The Labute approximate surface area is 316 Å². The monoisotopic (exact) mass is 759 g/mol. The number of aryl methyl sites for hydroxylation is 1. The highest BCUT2D eigenvalue weighted by molar-refractivity contribution is 7.80. The molecule has 1 saturated carbocycles. The Bertz CT molecular complexity index is 2280. The lowest BCUT2D eigenvalue weighted by Gasteiger charge is -2.25. The zero-order valence-electron chi connectivity index (χ0n) is 32.0. The molecule has 2 aromatic carbocycles. The quantitative estimate of drug-likeness (QED) is 0.110. The average molecular weight is 760 g/mol. The van der Waals surface area contributed by atoms with Crippen LogP contribution in [0.2, 0.25) is 0 Å². The van der Waals surface area contributed by atoms with Crippen molar-refractivity contribution in [1.82, 2.24) is 19.3 Å². The molecule has 0 amide bonds. The normalized spacial score (nSPS) is 13.9. The van der Waals surface area contributed by atoms with Gasteiger partial charge in [0.05, 0.1) is 25.0 Å². The molecule has 286 valence electrons. The summed E-state index contributed by atoms with van der Waals surface area (Å²) >= 11 is -2.61. The Morgan fingerprint density at radius 2 is 1.69 bits per heavy atom. The van der Waals surface area contributed by atoms with E-state index in [1.165, 1.54) is 19.2 Å². The molecule has 0 aliphatic heterocycles. The number of anilines is 1. The van der Waals surface area contributed by atoms with Crippen molar-refractivity contribution in [2.24, 2.45) is 0 Å². The van der Waals surface area contributed by atoms with Gasteiger partial charge in [0, 0.05) is 45.6 Å². The van der Waals surface area contributed by atoms with Crippen molar-refractivity contribution in [3.63, 3.8) is 0 Å². The van der Waals surface area contributed by atoms with Crippen LogP contribution >= 0.6 is 0 Å². The molecule has 0 spiro atoms. The van der Waals surface area contributed by atoms with Crippen LogP contribution in [-0.2, 0) is 32.1 Å². The molecule has 0 bridgehead atoms. The number of fused-ring (bicyclic) bond motifs is 1. The van der Waals surface area contributed by atoms with E-state index in [1.807, 2.05) is 51.4 Å². The van der Waals surface area contributed by atoms with Gasteiger partial charge in [0.25, 0.3) is 11.3 Å². The van der Waals surface area contributed by atoms with E-state index < -0.39 is 41.1 Å². The molecule has 1 N–H and O–H groups in total. The van der Waals surface area contributed by atoms with Crippen LogP contribution in [0.4, 0.5) is 14.9 Å². The highest BCUT2D eigenvalue weighted by atomic mass is 32.2. The molecular formula is C40H46FN5O7S. The highest BCUT2D eigenvalue weighted by Crippen LogP contribution is 2.50. The van der Waals surface area contributed by atoms with Crippen LogP contribution in [0.5, 0.6) is 5.75 Å². The third-order valence-electron chi connectivity index (χ3n) is 8.90. The molecule has 1 aliphatic carbocycles. The van der Waals surface area contributed by atoms with Gasteiger partial charge in [-0.25, -0.2) is 22.9 Å². The number of carbonyl (C=O) groups excluding carboxylic acids is 2. The molecule has 6 rings (SSSR count). The first-order valence-electron chi connectivity index (χ1n) is 17.7. The van der Waals surface area contributed by atoms with Gasteiger partial charge in [0.2, 0.25) is 0 Å². The van der Waals surface area contributed by atoms with Crippen LogP contribution in [0.25, 0.3) is 33.3 Å². The van der Waals surface area contributed by atoms with Gasteiger partial charge in [-0.15, -0.1) is 0 Å². The highest BCUT2D eigenvalue weighted by Gasteiger charge is 2.38. The molecule has 1 aliphatic rings. The summed E-state index contributed by atoms with van der Waals surface area (Å²) in [6.07, 6.45) is 2.85. The fourth-order valence-electron chi connectivity index (χ4n) is 6.64. The molecule has 12 nitrogen and oxygen atoms in total. The second-order valence-electron chi connectivity index (χ2n) is 15.5. The smallest absolute Gasteiger partial charge is 0.420 e. The molecule has 1 fully saturated rings. The first-order chi connectivity index (χ1) is 25.3. The Balaban J connectivity index is 1.55. The summed E-state index contributed by atoms with van der Waals surface area (Å²) in [6.45, 7) is 14.3. The number of halogens is 1. The molecule has 5 aromatic rings. The summed E-state index contributed by atoms with van der Waals surface area (Å²) in [5.41, 5.74) is 5.05. The first kappa shape index (κ1) is 38.6. The molecule has 0 saturated heterocycles. The van der Waals surface area contributed by atoms with Gasteiger partial charge < -0.3 is 14.2 Å². The largest absolute Gasteiger partial charge is 0.495 e. The van der Waals surface area contributed by atoms with E-state index in [4.69, 9.17) is 24.3 Å². The maximum Gasteiger partial charge on any atom is 0.420 e. The number of methoxy groups -OCH3 is 1. The van der Waals surface area contributed by atoms with Crippen LogP contribution in [0.3, 0.4) is 0 Å². The lowest BCUT2D eigenvalue weighted by molar-refractivity contribution is -0.152. The van der Waals surface area contributed by atoms with E-state index in [-0.39, 0.29) is 23.2 Å². The fourth-order valence-corrected chi connectivity index (χ4v) is 7.17. The first-order valence-corrected chi connectivity index (χ1v) is 18.8. The van der Waals surface area contributed by atoms with Crippen molar-refractivity contribution >= 4 is 40.0 Å². The van der Waals surface area contributed by atoms with Crippen LogP contribution in [-0.4, -0.2) is 65.0 Å². The minimum atomic E-state index is -2.61. The Hall–Kier alpha value is -5.08. The molecule has 14 heteroatoms. The molecule has 3 heterocycles. The van der Waals surface area contributed by atoms with Gasteiger partial charge in [0.15, 0.2) is 0 Å². The molecular weight excluding hydrogens is 714 g/mol. The zero-order chi connectivity index (χ0) is 39.3. The number of aromatic nitrogens is 4. The number of rotatable bonds is 10. The van der Waals surface area contributed by atoms with Crippen molar-refractivity contribution in [2.45, 2.75) is 91.9 Å². The fraction of sp³-hybridized carbons (Fsp3) is 0.400. The maximum atomic E-state index is 14.1. The summed E-state index contributed by atoms with van der Waals surface area (Å²) < 4.78 is 58.5. The zero-order valence-corrected chi connectivity index (χ0v) is 32.8. The number of carbonyl (C=O) groups is 2. The Morgan fingerprint density at radius 1 is 0.981 bits per heavy atom. The summed E-state index contributed by atoms with van der Waals surface area (Å²) in [5.74, 6) is -0.679. The Morgan fingerprint density at radius 3 is 2.30 bits per heavy atom. The van der Waals surface area contributed by atoms with Crippen molar-refractivity contribution < 1.29 is 37.0 Å². The van der Waals surface area contributed by atoms with Crippen LogP contribution in [0.15, 0.2) is 54.7 Å². The number of esters is 1. The average Bonchev–Trinajstić information content (AvgIpc) is 3.81. The second-order valence-corrected chi connectivity index (χ2v) is 16.4. The SMILES string of the molecule is COc1ccc(-c2cnc3c(c2)c(-c2c(C)nn(Cc4cccc(F)c4)c2C)c(C2CC2)n3C(=O)OC(C)(C)C)cc1N(CC(=O)OC(C)(C)C)S(=O)O. The van der Waals surface area contributed by atoms with E-state index in [0.29, 0.717) is 28.7 Å². The predicted octanol–water partition coefficient (Wildman–Crippen LogP) is 8.33. The van der Waals surface area contributed by atoms with Gasteiger partial charge in [-0.2, -0.15) is 5.10 Å². The number of benzene rings is 2. The van der Waals surface area contributed by atoms with E-state index in [0.717, 1.165) is 50.9 Å². The summed E-state index contributed by atoms with van der Waals surface area (Å²) in [7, 11) is 1.43. The van der Waals surface area contributed by atoms with Crippen molar-refractivity contribution in [3.05, 3.63) is 83.2 Å². The lowest BCUT2D eigenvalue weighted by Crippen LogP contribution is -2.36. The molecule has 0 radical (unpaired) electrons. The van der Waals surface area contributed by atoms with Gasteiger partial charge in [0.1, 0.15) is 35.0 Å². The Kier molecular flexibility index (Phi) is 10.5. The number of ether oxygens (including phenoxy) is 3. The number of pyridine rings is 1. The maximum absolute atomic E-state index is 14.1. The van der Waals surface area contributed by atoms with E-state index in [1.54, 1.807) is 55.8 Å². The van der Waals surface area contributed by atoms with Crippen molar-refractivity contribution in [2.75, 3.05) is 18.0 Å². The van der Waals surface area contributed by atoms with Gasteiger partial charge in [-0.1, -0.05) is 18.2 Å². The standard InChI is InChI=1S/C40H46FN5O7S/c1-23-34(24(2)44(43-23)21-25-11-10-12-29(41)17-25)35-30-18-28(20-42-37(30)46(36(35)26-13-14-26)38(48)53-40(6,7)8)27-15-16-32(51-9)31(19-27)45(54(49)50)22-33(47)52-39(3,4)5/h10-12,15-20,26H,13-14,21-22H2,1-9H3,(H,49,50). The van der Waals surface area contributed by atoms with Crippen LogP contribution in [0, 0.1) is 19.7 Å². The number of hydrogen-bond acceptors (Lipinski definition) is 8. The number of nitrogens with zero attached hydrogens (tertiary/aromatic N) is 5. The third-order valence-corrected chi connectivity index (χ3v) is 9.60. The second kappa shape index (κ2) is 14.6. The van der Waals surface area contributed by atoms with Crippen molar-refractivity contribution in [1.29, 1.82) is 0 Å².